The molecule has 1 atom stereocenters. The van der Waals surface area contributed by atoms with Crippen molar-refractivity contribution in [2.24, 2.45) is 5.41 Å². The third-order valence-corrected chi connectivity index (χ3v) is 10.5. The third kappa shape index (κ3) is 4.60. The van der Waals surface area contributed by atoms with Gasteiger partial charge in [0.05, 0.1) is 21.3 Å². The van der Waals surface area contributed by atoms with Gasteiger partial charge in [-0.25, -0.2) is 18.7 Å². The van der Waals surface area contributed by atoms with Crippen molar-refractivity contribution in [2.45, 2.75) is 19.4 Å². The number of pyridine rings is 1. The number of benzene rings is 2. The molecule has 0 saturated carbocycles. The number of nitriles is 1. The Bertz CT molecular complexity index is 2050. The zero-order chi connectivity index (χ0) is 31.8. The fourth-order valence-corrected chi connectivity index (χ4v) is 8.22. The lowest BCUT2D eigenvalue weighted by Gasteiger charge is -2.46. The van der Waals surface area contributed by atoms with Crippen molar-refractivity contribution in [1.82, 2.24) is 19.9 Å². The molecule has 2 aromatic carbocycles. The standard InChI is InChI=1S/C32H30ClF2N9S/c1-16(17-5-4-9-39-28(17)37)43(3)30-19-11-21(33)24(18-6-7-22(34)27-23(18)20(12-36)29(38)45-27)25(35)26(19)40-31(41-30)44-10-8-32(15-44)13-42(2)14-32/h4-7,9,11,16H,8,10,13-15,38H2,1-3H3,(H2,37,39)/t16-/m1/s1. The molecule has 0 amide bonds. The van der Waals surface area contributed by atoms with E-state index in [2.05, 4.69) is 27.9 Å². The Hall–Kier alpha value is -4.31. The number of nitrogen functional groups attached to an aromatic ring is 2. The summed E-state index contributed by atoms with van der Waals surface area (Å²) in [5.41, 5.74) is 13.7. The van der Waals surface area contributed by atoms with Gasteiger partial charge >= 0.3 is 0 Å². The Morgan fingerprint density at radius 3 is 2.67 bits per heavy atom. The summed E-state index contributed by atoms with van der Waals surface area (Å²) in [6.45, 7) is 5.45. The van der Waals surface area contributed by atoms with Gasteiger partial charge in [0.15, 0.2) is 5.82 Å². The first-order chi connectivity index (χ1) is 21.5. The van der Waals surface area contributed by atoms with Crippen molar-refractivity contribution >= 4 is 66.5 Å². The van der Waals surface area contributed by atoms with Crippen molar-refractivity contribution in [3.63, 3.8) is 0 Å². The molecule has 1 spiro atoms. The number of aromatic nitrogens is 3. The Labute approximate surface area is 267 Å². The van der Waals surface area contributed by atoms with E-state index in [9.17, 15) is 9.65 Å². The molecule has 7 rings (SSSR count). The predicted molar refractivity (Wildman–Crippen MR) is 177 cm³/mol. The zero-order valence-electron chi connectivity index (χ0n) is 24.9. The molecule has 2 aliphatic rings. The van der Waals surface area contributed by atoms with Crippen LogP contribution in [0.4, 0.5) is 31.4 Å². The number of thiophene rings is 1. The van der Waals surface area contributed by atoms with Gasteiger partial charge in [-0.05, 0) is 44.2 Å². The van der Waals surface area contributed by atoms with Gasteiger partial charge in [-0.1, -0.05) is 23.7 Å². The Morgan fingerprint density at radius 2 is 1.96 bits per heavy atom. The molecule has 45 heavy (non-hydrogen) atoms. The number of anilines is 4. The molecular weight excluding hydrogens is 616 g/mol. The van der Waals surface area contributed by atoms with Crippen molar-refractivity contribution in [3.05, 3.63) is 64.3 Å². The van der Waals surface area contributed by atoms with Gasteiger partial charge in [-0.15, -0.1) is 11.3 Å². The van der Waals surface area contributed by atoms with Crippen LogP contribution in [0.5, 0.6) is 0 Å². The van der Waals surface area contributed by atoms with Gasteiger partial charge in [0.25, 0.3) is 0 Å². The second-order valence-electron chi connectivity index (χ2n) is 12.2. The second kappa shape index (κ2) is 10.7. The largest absolute Gasteiger partial charge is 0.389 e. The van der Waals surface area contributed by atoms with Gasteiger partial charge < -0.3 is 26.2 Å². The highest BCUT2D eigenvalue weighted by atomic mass is 35.5. The summed E-state index contributed by atoms with van der Waals surface area (Å²) in [7, 11) is 3.97. The van der Waals surface area contributed by atoms with E-state index in [1.165, 1.54) is 12.1 Å². The molecule has 3 aromatic heterocycles. The number of nitrogens with zero attached hydrogens (tertiary/aromatic N) is 7. The normalized spacial score (nSPS) is 16.8. The van der Waals surface area contributed by atoms with E-state index >= 15 is 4.39 Å². The summed E-state index contributed by atoms with van der Waals surface area (Å²) in [6, 6.07) is 9.79. The van der Waals surface area contributed by atoms with E-state index in [1.807, 2.05) is 31.0 Å². The lowest BCUT2D eigenvalue weighted by molar-refractivity contribution is 0.0424. The molecule has 5 aromatic rings. The molecule has 9 nitrogen and oxygen atoms in total. The van der Waals surface area contributed by atoms with Crippen molar-refractivity contribution in [2.75, 3.05) is 61.5 Å². The maximum absolute atomic E-state index is 17.0. The van der Waals surface area contributed by atoms with Crippen LogP contribution in [-0.2, 0) is 0 Å². The lowest BCUT2D eigenvalue weighted by atomic mass is 9.79. The number of hydrogen-bond donors (Lipinski definition) is 2. The number of rotatable bonds is 5. The van der Waals surface area contributed by atoms with Gasteiger partial charge in [0.1, 0.15) is 34.0 Å². The van der Waals surface area contributed by atoms with Crippen LogP contribution >= 0.6 is 22.9 Å². The number of halogens is 3. The predicted octanol–water partition coefficient (Wildman–Crippen LogP) is 6.21. The smallest absolute Gasteiger partial charge is 0.228 e. The highest BCUT2D eigenvalue weighted by Crippen LogP contribution is 2.47. The first-order valence-electron chi connectivity index (χ1n) is 14.5. The molecule has 0 unspecified atom stereocenters. The van der Waals surface area contributed by atoms with Crippen LogP contribution in [0.2, 0.25) is 5.02 Å². The summed E-state index contributed by atoms with van der Waals surface area (Å²) >= 11 is 7.81. The minimum Gasteiger partial charge on any atom is -0.389 e. The summed E-state index contributed by atoms with van der Waals surface area (Å²) < 4.78 is 32.0. The van der Waals surface area contributed by atoms with Crippen molar-refractivity contribution in [1.29, 1.82) is 5.26 Å². The average Bonchev–Trinajstić information content (AvgIpc) is 3.59. The SMILES string of the molecule is C[C@H](c1cccnc1N)N(C)c1nc(N2CCC3(CN(C)C3)C2)nc2c(F)c(-c3ccc(F)c4sc(N)c(C#N)c34)c(Cl)cc12. The fraction of sp³-hybridized carbons (Fsp3) is 0.312. The van der Waals surface area contributed by atoms with Crippen LogP contribution in [-0.4, -0.2) is 60.1 Å². The van der Waals surface area contributed by atoms with Gasteiger partial charge in [-0.2, -0.15) is 10.2 Å². The molecular formula is C32H30ClF2N9S. The van der Waals surface area contributed by atoms with E-state index in [0.717, 1.165) is 49.5 Å². The quantitative estimate of drug-likeness (QED) is 0.229. The fourth-order valence-electron chi connectivity index (χ4n) is 6.97. The maximum Gasteiger partial charge on any atom is 0.228 e. The summed E-state index contributed by atoms with van der Waals surface area (Å²) in [5.74, 6) is 0.0398. The molecule has 5 heterocycles. The summed E-state index contributed by atoms with van der Waals surface area (Å²) in [5, 5.41) is 10.7. The third-order valence-electron chi connectivity index (χ3n) is 9.22. The van der Waals surface area contributed by atoms with E-state index in [1.54, 1.807) is 12.3 Å². The Kier molecular flexibility index (Phi) is 6.96. The molecule has 0 aliphatic carbocycles. The summed E-state index contributed by atoms with van der Waals surface area (Å²) in [4.78, 5) is 20.4. The van der Waals surface area contributed by atoms with Crippen molar-refractivity contribution in [3.8, 4) is 17.2 Å². The van der Waals surface area contributed by atoms with E-state index in [4.69, 9.17) is 33.0 Å². The van der Waals surface area contributed by atoms with E-state index in [0.29, 0.717) is 23.0 Å². The van der Waals surface area contributed by atoms with Gasteiger partial charge in [0, 0.05) is 66.7 Å². The maximum atomic E-state index is 17.0. The highest BCUT2D eigenvalue weighted by molar-refractivity contribution is 7.23. The van der Waals surface area contributed by atoms with Crippen LogP contribution in [0.25, 0.3) is 32.1 Å². The molecule has 0 radical (unpaired) electrons. The van der Waals surface area contributed by atoms with Crippen LogP contribution in [0.1, 0.15) is 30.5 Å². The summed E-state index contributed by atoms with van der Waals surface area (Å²) in [6.07, 6.45) is 2.62. The molecule has 2 fully saturated rings. The van der Waals surface area contributed by atoms with Crippen molar-refractivity contribution < 1.29 is 8.78 Å². The van der Waals surface area contributed by atoms with Gasteiger partial charge in [0.2, 0.25) is 5.95 Å². The average molecular weight is 646 g/mol. The lowest BCUT2D eigenvalue weighted by Crippen LogP contribution is -2.55. The van der Waals surface area contributed by atoms with Crippen LogP contribution in [0.3, 0.4) is 0 Å². The first-order valence-corrected chi connectivity index (χ1v) is 15.7. The number of hydrogen-bond acceptors (Lipinski definition) is 10. The minimum atomic E-state index is -0.691. The molecule has 2 saturated heterocycles. The Balaban J connectivity index is 1.45. The number of likely N-dealkylation sites (tertiary alicyclic amines) is 1. The molecule has 0 bridgehead atoms. The topological polar surface area (TPSA) is 124 Å². The molecule has 13 heteroatoms. The van der Waals surface area contributed by atoms with Crippen LogP contribution in [0, 0.1) is 28.4 Å². The zero-order valence-corrected chi connectivity index (χ0v) is 26.5. The van der Waals surface area contributed by atoms with E-state index < -0.39 is 11.6 Å². The minimum absolute atomic E-state index is 0.0183. The molecule has 230 valence electrons. The highest BCUT2D eigenvalue weighted by Gasteiger charge is 2.47. The molecule has 2 aliphatic heterocycles. The number of fused-ring (bicyclic) bond motifs is 2. The van der Waals surface area contributed by atoms with Crippen LogP contribution < -0.4 is 21.3 Å². The Morgan fingerprint density at radius 1 is 1.18 bits per heavy atom. The number of nitrogens with two attached hydrogens (primary N) is 2. The van der Waals surface area contributed by atoms with Gasteiger partial charge in [-0.3, -0.25) is 0 Å². The van der Waals surface area contributed by atoms with Crippen LogP contribution in [0.15, 0.2) is 36.5 Å². The molecule has 4 N–H and O–H groups in total. The first kappa shape index (κ1) is 29.4. The monoisotopic (exact) mass is 645 g/mol. The second-order valence-corrected chi connectivity index (χ2v) is 13.6. The van der Waals surface area contributed by atoms with E-state index in [-0.39, 0.29) is 53.8 Å².